The molecule has 0 fully saturated rings. The topological polar surface area (TPSA) is 50.2 Å². The third kappa shape index (κ3) is 2.87. The molecule has 0 aliphatic carbocycles. The number of aromatic nitrogens is 2. The molecule has 2 heterocycles. The zero-order valence-corrected chi connectivity index (χ0v) is 8.04. The van der Waals surface area contributed by atoms with Crippen LogP contribution in [0.5, 0.6) is 0 Å². The summed E-state index contributed by atoms with van der Waals surface area (Å²) in [5.74, 6) is 0.713. The average molecular weight is 198 g/mol. The molecule has 0 saturated heterocycles. The van der Waals surface area contributed by atoms with Crippen LogP contribution in [-0.4, -0.2) is 16.2 Å². The van der Waals surface area contributed by atoms with Gasteiger partial charge in [0, 0.05) is 12.4 Å². The minimum absolute atomic E-state index is 0.713. The molecule has 2 aromatic heterocycles. The molecule has 0 aromatic carbocycles. The van der Waals surface area contributed by atoms with E-state index in [0.29, 0.717) is 5.82 Å². The molecule has 0 radical (unpaired) electrons. The Labute approximate surface area is 87.7 Å². The Balaban J connectivity index is 1.97. The summed E-state index contributed by atoms with van der Waals surface area (Å²) in [6, 6.07) is 11.2. The molecule has 2 rings (SSSR count). The van der Waals surface area contributed by atoms with E-state index in [-0.39, 0.29) is 0 Å². The van der Waals surface area contributed by atoms with Crippen LogP contribution in [0.4, 0.5) is 5.82 Å². The normalized spacial score (nSPS) is 10.4. The lowest BCUT2D eigenvalue weighted by Crippen LogP contribution is -1.93. The lowest BCUT2D eigenvalue weighted by Gasteiger charge is -1.96. The van der Waals surface area contributed by atoms with E-state index in [1.54, 1.807) is 18.6 Å². The van der Waals surface area contributed by atoms with E-state index in [1.807, 2.05) is 36.4 Å². The lowest BCUT2D eigenvalue weighted by molar-refractivity contribution is 1.22. The molecule has 0 amide bonds. The summed E-state index contributed by atoms with van der Waals surface area (Å²) in [5, 5.41) is 4.01. The van der Waals surface area contributed by atoms with E-state index in [0.717, 1.165) is 5.69 Å². The molecule has 0 aliphatic rings. The van der Waals surface area contributed by atoms with Gasteiger partial charge in [0.1, 0.15) is 5.82 Å². The van der Waals surface area contributed by atoms with Crippen LogP contribution in [-0.2, 0) is 0 Å². The van der Waals surface area contributed by atoms with Crippen LogP contribution in [0, 0.1) is 0 Å². The predicted molar refractivity (Wildman–Crippen MR) is 59.7 cm³/mol. The third-order valence-corrected chi connectivity index (χ3v) is 1.73. The lowest BCUT2D eigenvalue weighted by atomic mass is 10.4. The highest BCUT2D eigenvalue weighted by Crippen LogP contribution is 1.98. The Kier molecular flexibility index (Phi) is 3.02. The maximum Gasteiger partial charge on any atom is 0.146 e. The molecule has 2 aromatic rings. The van der Waals surface area contributed by atoms with Crippen molar-refractivity contribution in [2.75, 3.05) is 5.43 Å². The van der Waals surface area contributed by atoms with Crippen molar-refractivity contribution in [2.45, 2.75) is 0 Å². The van der Waals surface area contributed by atoms with Gasteiger partial charge in [-0.05, 0) is 24.3 Å². The second-order valence-electron chi connectivity index (χ2n) is 2.84. The van der Waals surface area contributed by atoms with Crippen molar-refractivity contribution >= 4 is 12.0 Å². The van der Waals surface area contributed by atoms with Gasteiger partial charge < -0.3 is 0 Å². The Morgan fingerprint density at radius 3 is 2.47 bits per heavy atom. The van der Waals surface area contributed by atoms with Crippen molar-refractivity contribution in [3.8, 4) is 0 Å². The van der Waals surface area contributed by atoms with Gasteiger partial charge in [0.05, 0.1) is 11.9 Å². The molecule has 0 bridgehead atoms. The fraction of sp³-hybridized carbons (Fsp3) is 0. The number of nitrogens with one attached hydrogen (secondary N) is 1. The largest absolute Gasteiger partial charge is 0.261 e. The molecule has 1 N–H and O–H groups in total. The zero-order chi connectivity index (χ0) is 10.3. The predicted octanol–water partition coefficient (Wildman–Crippen LogP) is 1.92. The maximum absolute atomic E-state index is 4.10. The van der Waals surface area contributed by atoms with Crippen molar-refractivity contribution in [3.63, 3.8) is 0 Å². The summed E-state index contributed by atoms with van der Waals surface area (Å²) in [4.78, 5) is 8.16. The number of anilines is 1. The van der Waals surface area contributed by atoms with Crippen LogP contribution in [0.1, 0.15) is 5.69 Å². The van der Waals surface area contributed by atoms with Gasteiger partial charge in [-0.3, -0.25) is 10.4 Å². The second kappa shape index (κ2) is 4.85. The van der Waals surface area contributed by atoms with Crippen molar-refractivity contribution in [1.29, 1.82) is 0 Å². The minimum Gasteiger partial charge on any atom is -0.261 e. The zero-order valence-electron chi connectivity index (χ0n) is 8.04. The fourth-order valence-electron chi connectivity index (χ4n) is 1.05. The summed E-state index contributed by atoms with van der Waals surface area (Å²) < 4.78 is 0. The molecular formula is C11H10N4. The number of hydrogen-bond acceptors (Lipinski definition) is 4. The molecule has 4 heteroatoms. The Bertz CT molecular complexity index is 425. The average Bonchev–Trinajstić information content (AvgIpc) is 2.32. The smallest absolute Gasteiger partial charge is 0.146 e. The van der Waals surface area contributed by atoms with Crippen LogP contribution < -0.4 is 5.43 Å². The summed E-state index contributed by atoms with van der Waals surface area (Å²) in [6.07, 6.45) is 5.08. The molecule has 15 heavy (non-hydrogen) atoms. The molecule has 0 unspecified atom stereocenters. The molecule has 0 saturated carbocycles. The van der Waals surface area contributed by atoms with Gasteiger partial charge in [-0.2, -0.15) is 5.10 Å². The van der Waals surface area contributed by atoms with Crippen LogP contribution in [0.2, 0.25) is 0 Å². The fourth-order valence-corrected chi connectivity index (χ4v) is 1.05. The van der Waals surface area contributed by atoms with Gasteiger partial charge in [0.15, 0.2) is 0 Å². The highest BCUT2D eigenvalue weighted by molar-refractivity contribution is 5.77. The van der Waals surface area contributed by atoms with Gasteiger partial charge in [-0.15, -0.1) is 0 Å². The Morgan fingerprint density at radius 2 is 1.80 bits per heavy atom. The van der Waals surface area contributed by atoms with Gasteiger partial charge in [-0.1, -0.05) is 12.1 Å². The molecule has 4 nitrogen and oxygen atoms in total. The first-order valence-electron chi connectivity index (χ1n) is 4.56. The van der Waals surface area contributed by atoms with Crippen molar-refractivity contribution < 1.29 is 0 Å². The summed E-state index contributed by atoms with van der Waals surface area (Å²) in [6.45, 7) is 0. The van der Waals surface area contributed by atoms with Crippen molar-refractivity contribution in [2.24, 2.45) is 5.10 Å². The number of hydrogen-bond donors (Lipinski definition) is 1. The SMILES string of the molecule is C(=N\Nc1ccccn1)/c1ccccn1. The van der Waals surface area contributed by atoms with Gasteiger partial charge in [0.25, 0.3) is 0 Å². The first-order chi connectivity index (χ1) is 7.45. The second-order valence-corrected chi connectivity index (χ2v) is 2.84. The van der Waals surface area contributed by atoms with Gasteiger partial charge >= 0.3 is 0 Å². The molecular weight excluding hydrogens is 188 g/mol. The standard InChI is InChI=1S/C11H10N4/c1-3-7-12-10(5-1)9-14-15-11-6-2-4-8-13-11/h1-9H,(H,13,15)/b14-9+. The quantitative estimate of drug-likeness (QED) is 0.605. The number of pyridine rings is 2. The number of rotatable bonds is 3. The third-order valence-electron chi connectivity index (χ3n) is 1.73. The highest BCUT2D eigenvalue weighted by Gasteiger charge is 1.87. The minimum atomic E-state index is 0.713. The van der Waals surface area contributed by atoms with Crippen LogP contribution in [0.25, 0.3) is 0 Å². The van der Waals surface area contributed by atoms with Crippen molar-refractivity contribution in [3.05, 3.63) is 54.5 Å². The van der Waals surface area contributed by atoms with Crippen molar-refractivity contribution in [1.82, 2.24) is 9.97 Å². The molecule has 0 spiro atoms. The Morgan fingerprint density at radius 1 is 1.00 bits per heavy atom. The highest BCUT2D eigenvalue weighted by atomic mass is 15.3. The first-order valence-corrected chi connectivity index (χ1v) is 4.56. The summed E-state index contributed by atoms with van der Waals surface area (Å²) in [5.41, 5.74) is 3.62. The van der Waals surface area contributed by atoms with E-state index < -0.39 is 0 Å². The molecule has 0 atom stereocenters. The van der Waals surface area contributed by atoms with E-state index in [2.05, 4.69) is 20.5 Å². The van der Waals surface area contributed by atoms with E-state index in [9.17, 15) is 0 Å². The first kappa shape index (κ1) is 9.33. The van der Waals surface area contributed by atoms with Crippen LogP contribution in [0.15, 0.2) is 53.9 Å². The number of hydrazone groups is 1. The molecule has 74 valence electrons. The Hall–Kier alpha value is -2.23. The maximum atomic E-state index is 4.10. The van der Waals surface area contributed by atoms with E-state index in [1.165, 1.54) is 0 Å². The van der Waals surface area contributed by atoms with E-state index >= 15 is 0 Å². The van der Waals surface area contributed by atoms with Crippen LogP contribution in [0.3, 0.4) is 0 Å². The van der Waals surface area contributed by atoms with Gasteiger partial charge in [-0.25, -0.2) is 4.98 Å². The molecule has 0 aliphatic heterocycles. The van der Waals surface area contributed by atoms with Crippen LogP contribution >= 0.6 is 0 Å². The van der Waals surface area contributed by atoms with Gasteiger partial charge in [0.2, 0.25) is 0 Å². The summed E-state index contributed by atoms with van der Waals surface area (Å²) in [7, 11) is 0. The summed E-state index contributed by atoms with van der Waals surface area (Å²) >= 11 is 0. The van der Waals surface area contributed by atoms with E-state index in [4.69, 9.17) is 0 Å². The monoisotopic (exact) mass is 198 g/mol. The number of nitrogens with zero attached hydrogens (tertiary/aromatic N) is 3.